The first-order valence-electron chi connectivity index (χ1n) is 7.55. The van der Waals surface area contributed by atoms with Crippen molar-refractivity contribution in [2.24, 2.45) is 0 Å². The van der Waals surface area contributed by atoms with Crippen LogP contribution < -0.4 is 5.32 Å². The van der Waals surface area contributed by atoms with Crippen LogP contribution in [0.15, 0.2) is 48.5 Å². The molecule has 110 valence electrons. The van der Waals surface area contributed by atoms with Crippen LogP contribution in [-0.4, -0.2) is 5.91 Å². The van der Waals surface area contributed by atoms with Gasteiger partial charge in [-0.2, -0.15) is 0 Å². The summed E-state index contributed by atoms with van der Waals surface area (Å²) in [5.74, 6) is -0.00661. The highest BCUT2D eigenvalue weighted by atomic mass is 16.1. The molecule has 0 radical (unpaired) electrons. The van der Waals surface area contributed by atoms with Crippen LogP contribution in [0.1, 0.15) is 42.4 Å². The van der Waals surface area contributed by atoms with Gasteiger partial charge in [-0.1, -0.05) is 55.8 Å². The molecule has 0 bridgehead atoms. The largest absolute Gasteiger partial charge is 0.325 e. The SMILES string of the molecule is CCC[C@H](C(=O)Nc1cccc(C)c1C)c1ccccc1. The predicted molar refractivity (Wildman–Crippen MR) is 88.6 cm³/mol. The lowest BCUT2D eigenvalue weighted by atomic mass is 9.93. The van der Waals surface area contributed by atoms with Crippen LogP contribution in [0.25, 0.3) is 0 Å². The third-order valence-electron chi connectivity index (χ3n) is 3.96. The second-order valence-electron chi connectivity index (χ2n) is 5.49. The Bertz CT molecular complexity index is 604. The zero-order chi connectivity index (χ0) is 15.2. The Morgan fingerprint density at radius 1 is 1.05 bits per heavy atom. The van der Waals surface area contributed by atoms with Crippen molar-refractivity contribution < 1.29 is 4.79 Å². The molecule has 0 aliphatic rings. The van der Waals surface area contributed by atoms with Gasteiger partial charge in [0.1, 0.15) is 0 Å². The standard InChI is InChI=1S/C19H23NO/c1-4-9-17(16-11-6-5-7-12-16)19(21)20-18-13-8-10-14(2)15(18)3/h5-8,10-13,17H,4,9H2,1-3H3,(H,20,21)/t17-/m0/s1. The topological polar surface area (TPSA) is 29.1 Å². The Kier molecular flexibility index (Phi) is 5.15. The van der Waals surface area contributed by atoms with Crippen molar-refractivity contribution in [1.29, 1.82) is 0 Å². The van der Waals surface area contributed by atoms with Gasteiger partial charge in [-0.05, 0) is 43.0 Å². The molecular formula is C19H23NO. The van der Waals surface area contributed by atoms with Crippen LogP contribution >= 0.6 is 0 Å². The summed E-state index contributed by atoms with van der Waals surface area (Å²) in [6.07, 6.45) is 1.85. The maximum absolute atomic E-state index is 12.7. The van der Waals surface area contributed by atoms with Crippen LogP contribution in [0.3, 0.4) is 0 Å². The van der Waals surface area contributed by atoms with Crippen LogP contribution in [0.2, 0.25) is 0 Å². The first kappa shape index (κ1) is 15.3. The number of hydrogen-bond donors (Lipinski definition) is 1. The minimum absolute atomic E-state index is 0.0803. The van der Waals surface area contributed by atoms with Gasteiger partial charge in [0.15, 0.2) is 0 Å². The van der Waals surface area contributed by atoms with Crippen molar-refractivity contribution >= 4 is 11.6 Å². The lowest BCUT2D eigenvalue weighted by Crippen LogP contribution is -2.21. The highest BCUT2D eigenvalue weighted by Crippen LogP contribution is 2.25. The molecule has 0 aromatic heterocycles. The summed E-state index contributed by atoms with van der Waals surface area (Å²) < 4.78 is 0. The molecule has 0 spiro atoms. The van der Waals surface area contributed by atoms with Crippen LogP contribution in [-0.2, 0) is 4.79 Å². The van der Waals surface area contributed by atoms with E-state index in [0.29, 0.717) is 0 Å². The highest BCUT2D eigenvalue weighted by Gasteiger charge is 2.20. The van der Waals surface area contributed by atoms with Crippen LogP contribution in [0.4, 0.5) is 5.69 Å². The normalized spacial score (nSPS) is 12.0. The summed E-state index contributed by atoms with van der Waals surface area (Å²) in [4.78, 5) is 12.7. The number of benzene rings is 2. The molecule has 0 aliphatic heterocycles. The molecule has 1 N–H and O–H groups in total. The number of carbonyl (C=O) groups is 1. The van der Waals surface area contributed by atoms with E-state index in [2.05, 4.69) is 25.2 Å². The molecule has 0 fully saturated rings. The fourth-order valence-electron chi connectivity index (χ4n) is 2.53. The second kappa shape index (κ2) is 7.07. The van der Waals surface area contributed by atoms with Gasteiger partial charge in [-0.25, -0.2) is 0 Å². The molecule has 2 aromatic carbocycles. The van der Waals surface area contributed by atoms with Crippen LogP contribution in [0, 0.1) is 13.8 Å². The fraction of sp³-hybridized carbons (Fsp3) is 0.316. The molecule has 0 unspecified atom stereocenters. The molecule has 0 aliphatic carbocycles. The number of aryl methyl sites for hydroxylation is 1. The molecule has 0 heterocycles. The van der Waals surface area contributed by atoms with Gasteiger partial charge in [0.05, 0.1) is 5.92 Å². The van der Waals surface area contributed by atoms with Gasteiger partial charge in [0.2, 0.25) is 5.91 Å². The maximum Gasteiger partial charge on any atom is 0.231 e. The first-order valence-corrected chi connectivity index (χ1v) is 7.55. The van der Waals surface area contributed by atoms with E-state index in [0.717, 1.165) is 29.7 Å². The summed E-state index contributed by atoms with van der Waals surface area (Å²) in [5, 5.41) is 3.10. The van der Waals surface area contributed by atoms with Crippen LogP contribution in [0.5, 0.6) is 0 Å². The quantitative estimate of drug-likeness (QED) is 0.836. The van der Waals surface area contributed by atoms with E-state index < -0.39 is 0 Å². The third kappa shape index (κ3) is 3.72. The van der Waals surface area contributed by atoms with Gasteiger partial charge >= 0.3 is 0 Å². The molecule has 0 saturated carbocycles. The summed E-state index contributed by atoms with van der Waals surface area (Å²) in [5.41, 5.74) is 4.33. The number of carbonyl (C=O) groups excluding carboxylic acids is 1. The second-order valence-corrected chi connectivity index (χ2v) is 5.49. The van der Waals surface area contributed by atoms with E-state index in [1.54, 1.807) is 0 Å². The average molecular weight is 281 g/mol. The molecule has 2 heteroatoms. The summed E-state index contributed by atoms with van der Waals surface area (Å²) in [6.45, 7) is 6.22. The average Bonchev–Trinajstić information content (AvgIpc) is 2.50. The predicted octanol–water partition coefficient (Wildman–Crippen LogP) is 4.83. The minimum Gasteiger partial charge on any atom is -0.325 e. The van der Waals surface area contributed by atoms with E-state index >= 15 is 0 Å². The molecular weight excluding hydrogens is 258 g/mol. The zero-order valence-corrected chi connectivity index (χ0v) is 13.0. The Labute approximate surface area is 127 Å². The number of rotatable bonds is 5. The molecule has 1 amide bonds. The number of anilines is 1. The lowest BCUT2D eigenvalue weighted by Gasteiger charge is -2.18. The smallest absolute Gasteiger partial charge is 0.231 e. The van der Waals surface area contributed by atoms with E-state index in [4.69, 9.17) is 0 Å². The van der Waals surface area contributed by atoms with Crippen molar-refractivity contribution in [2.45, 2.75) is 39.5 Å². The Morgan fingerprint density at radius 2 is 1.76 bits per heavy atom. The molecule has 2 rings (SSSR count). The first-order chi connectivity index (χ1) is 10.1. The molecule has 0 saturated heterocycles. The lowest BCUT2D eigenvalue weighted by molar-refractivity contribution is -0.117. The Hall–Kier alpha value is -2.09. The van der Waals surface area contributed by atoms with Crippen molar-refractivity contribution in [3.8, 4) is 0 Å². The fourth-order valence-corrected chi connectivity index (χ4v) is 2.53. The minimum atomic E-state index is -0.0869. The summed E-state index contributed by atoms with van der Waals surface area (Å²) >= 11 is 0. The zero-order valence-electron chi connectivity index (χ0n) is 13.0. The van der Waals surface area contributed by atoms with E-state index in [1.165, 1.54) is 5.56 Å². The molecule has 2 aromatic rings. The monoisotopic (exact) mass is 281 g/mol. The van der Waals surface area contributed by atoms with Gasteiger partial charge in [0.25, 0.3) is 0 Å². The molecule has 2 nitrogen and oxygen atoms in total. The van der Waals surface area contributed by atoms with Crippen molar-refractivity contribution in [3.63, 3.8) is 0 Å². The van der Waals surface area contributed by atoms with Gasteiger partial charge < -0.3 is 5.32 Å². The number of nitrogens with one attached hydrogen (secondary N) is 1. The van der Waals surface area contributed by atoms with Gasteiger partial charge in [-0.15, -0.1) is 0 Å². The molecule has 1 atom stereocenters. The van der Waals surface area contributed by atoms with Gasteiger partial charge in [-0.3, -0.25) is 4.79 Å². The Balaban J connectivity index is 2.21. The van der Waals surface area contributed by atoms with Crippen molar-refractivity contribution in [3.05, 3.63) is 65.2 Å². The highest BCUT2D eigenvalue weighted by molar-refractivity contribution is 5.96. The maximum atomic E-state index is 12.7. The van der Waals surface area contributed by atoms with E-state index in [9.17, 15) is 4.79 Å². The van der Waals surface area contributed by atoms with Gasteiger partial charge in [0, 0.05) is 5.69 Å². The number of amides is 1. The van der Waals surface area contributed by atoms with Crippen molar-refractivity contribution in [2.75, 3.05) is 5.32 Å². The van der Waals surface area contributed by atoms with Crippen molar-refractivity contribution in [1.82, 2.24) is 0 Å². The van der Waals surface area contributed by atoms with E-state index in [1.807, 2.05) is 49.4 Å². The molecule has 21 heavy (non-hydrogen) atoms. The third-order valence-corrected chi connectivity index (χ3v) is 3.96. The summed E-state index contributed by atoms with van der Waals surface area (Å²) in [7, 11) is 0. The summed E-state index contributed by atoms with van der Waals surface area (Å²) in [6, 6.07) is 16.0. The Morgan fingerprint density at radius 3 is 2.43 bits per heavy atom. The number of hydrogen-bond acceptors (Lipinski definition) is 1. The van der Waals surface area contributed by atoms with E-state index in [-0.39, 0.29) is 11.8 Å².